The summed E-state index contributed by atoms with van der Waals surface area (Å²) in [5.74, 6) is -0.354. The molecule has 0 bridgehead atoms. The summed E-state index contributed by atoms with van der Waals surface area (Å²) in [5.41, 5.74) is 2.10. The molecular formula is C13H19NO2. The van der Waals surface area contributed by atoms with E-state index in [1.165, 1.54) is 19.4 Å². The number of nitrogens with one attached hydrogen (secondary N) is 1. The highest BCUT2D eigenvalue weighted by Gasteiger charge is 2.23. The Bertz CT molecular complexity index is 391. The van der Waals surface area contributed by atoms with Crippen molar-refractivity contribution in [1.29, 1.82) is 0 Å². The van der Waals surface area contributed by atoms with Gasteiger partial charge in [-0.15, -0.1) is 0 Å². The summed E-state index contributed by atoms with van der Waals surface area (Å²) in [6.07, 6.45) is 0. The summed E-state index contributed by atoms with van der Waals surface area (Å²) in [6.45, 7) is 7.45. The highest BCUT2D eigenvalue weighted by molar-refractivity contribution is 5.83. The fraction of sp³-hybridized carbons (Fsp3) is 0.462. The zero-order valence-electron chi connectivity index (χ0n) is 10.3. The zero-order valence-corrected chi connectivity index (χ0v) is 10.3. The van der Waals surface area contributed by atoms with E-state index in [1.807, 2.05) is 26.0 Å². The van der Waals surface area contributed by atoms with Crippen LogP contribution in [0.25, 0.3) is 0 Å². The number of aliphatic hydroxyl groups is 1. The quantitative estimate of drug-likeness (QED) is 0.816. The first-order chi connectivity index (χ1) is 7.30. The van der Waals surface area contributed by atoms with E-state index in [-0.39, 0.29) is 5.91 Å². The third kappa shape index (κ3) is 3.35. The van der Waals surface area contributed by atoms with E-state index in [0.717, 1.165) is 11.1 Å². The highest BCUT2D eigenvalue weighted by Crippen LogP contribution is 2.10. The molecule has 0 radical (unpaired) electrons. The van der Waals surface area contributed by atoms with Gasteiger partial charge < -0.3 is 10.4 Å². The predicted octanol–water partition coefficient (Wildman–Crippen LogP) is 1.69. The van der Waals surface area contributed by atoms with Gasteiger partial charge in [-0.1, -0.05) is 23.8 Å². The Balaban J connectivity index is 2.65. The number of amides is 1. The average Bonchev–Trinajstić information content (AvgIpc) is 2.14. The van der Waals surface area contributed by atoms with Crippen molar-refractivity contribution < 1.29 is 9.90 Å². The molecule has 88 valence electrons. The number of hydrogen-bond acceptors (Lipinski definition) is 2. The van der Waals surface area contributed by atoms with E-state index in [4.69, 9.17) is 0 Å². The van der Waals surface area contributed by atoms with Crippen molar-refractivity contribution in [3.05, 3.63) is 34.9 Å². The van der Waals surface area contributed by atoms with Crippen LogP contribution in [0.3, 0.4) is 0 Å². The van der Waals surface area contributed by atoms with Gasteiger partial charge >= 0.3 is 0 Å². The number of aryl methyl sites for hydroxylation is 2. The van der Waals surface area contributed by atoms with Crippen molar-refractivity contribution >= 4 is 5.91 Å². The standard InChI is InChI=1S/C13H19NO2/c1-9-5-6-11(10(2)7-9)8-14-12(15)13(3,4)16/h5-7,16H,8H2,1-4H3,(H,14,15). The number of rotatable bonds is 3. The van der Waals surface area contributed by atoms with Crippen LogP contribution in [-0.2, 0) is 11.3 Å². The van der Waals surface area contributed by atoms with Crippen LogP contribution in [0.15, 0.2) is 18.2 Å². The molecule has 0 atom stereocenters. The lowest BCUT2D eigenvalue weighted by molar-refractivity contribution is -0.136. The molecule has 0 saturated heterocycles. The maximum absolute atomic E-state index is 11.5. The van der Waals surface area contributed by atoms with Gasteiger partial charge in [-0.05, 0) is 38.8 Å². The van der Waals surface area contributed by atoms with Crippen LogP contribution in [0.5, 0.6) is 0 Å². The molecule has 0 spiro atoms. The van der Waals surface area contributed by atoms with E-state index in [0.29, 0.717) is 6.54 Å². The first-order valence-corrected chi connectivity index (χ1v) is 5.37. The van der Waals surface area contributed by atoms with E-state index in [1.54, 1.807) is 0 Å². The molecule has 0 aliphatic carbocycles. The molecule has 3 nitrogen and oxygen atoms in total. The number of benzene rings is 1. The zero-order chi connectivity index (χ0) is 12.3. The van der Waals surface area contributed by atoms with Crippen molar-refractivity contribution in [3.63, 3.8) is 0 Å². The highest BCUT2D eigenvalue weighted by atomic mass is 16.3. The maximum Gasteiger partial charge on any atom is 0.251 e. The van der Waals surface area contributed by atoms with Crippen LogP contribution in [-0.4, -0.2) is 16.6 Å². The number of hydrogen-bond donors (Lipinski definition) is 2. The van der Waals surface area contributed by atoms with Gasteiger partial charge in [-0.25, -0.2) is 0 Å². The van der Waals surface area contributed by atoms with Gasteiger partial charge in [0, 0.05) is 6.54 Å². The van der Waals surface area contributed by atoms with Gasteiger partial charge in [0.05, 0.1) is 0 Å². The summed E-state index contributed by atoms with van der Waals surface area (Å²) < 4.78 is 0. The molecule has 0 heterocycles. The molecule has 16 heavy (non-hydrogen) atoms. The summed E-state index contributed by atoms with van der Waals surface area (Å²) in [6, 6.07) is 6.08. The van der Waals surface area contributed by atoms with Gasteiger partial charge in [0.2, 0.25) is 0 Å². The maximum atomic E-state index is 11.5. The molecule has 1 aromatic carbocycles. The number of carbonyl (C=O) groups excluding carboxylic acids is 1. The van der Waals surface area contributed by atoms with Crippen LogP contribution < -0.4 is 5.32 Å². The molecule has 0 saturated carbocycles. The monoisotopic (exact) mass is 221 g/mol. The normalized spacial score (nSPS) is 11.3. The molecule has 1 amide bonds. The second-order valence-electron chi connectivity index (χ2n) is 4.67. The van der Waals surface area contributed by atoms with Crippen molar-refractivity contribution in [1.82, 2.24) is 5.32 Å². The lowest BCUT2D eigenvalue weighted by atomic mass is 10.0. The third-order valence-corrected chi connectivity index (χ3v) is 2.49. The van der Waals surface area contributed by atoms with E-state index < -0.39 is 5.60 Å². The Morgan fingerprint density at radius 1 is 1.38 bits per heavy atom. The molecule has 0 fully saturated rings. The topological polar surface area (TPSA) is 49.3 Å². The molecule has 1 aromatic rings. The molecule has 0 aromatic heterocycles. The molecule has 0 aliphatic rings. The van der Waals surface area contributed by atoms with Crippen LogP contribution in [0, 0.1) is 13.8 Å². The lowest BCUT2D eigenvalue weighted by Gasteiger charge is -2.17. The van der Waals surface area contributed by atoms with Crippen LogP contribution in [0.2, 0.25) is 0 Å². The molecule has 0 unspecified atom stereocenters. The Hall–Kier alpha value is -1.35. The fourth-order valence-corrected chi connectivity index (χ4v) is 1.44. The van der Waals surface area contributed by atoms with Gasteiger partial charge in [-0.2, -0.15) is 0 Å². The minimum Gasteiger partial charge on any atom is -0.381 e. The smallest absolute Gasteiger partial charge is 0.251 e. The largest absolute Gasteiger partial charge is 0.381 e. The third-order valence-electron chi connectivity index (χ3n) is 2.49. The SMILES string of the molecule is Cc1ccc(CNC(=O)C(C)(C)O)c(C)c1. The fourth-order valence-electron chi connectivity index (χ4n) is 1.44. The summed E-state index contributed by atoms with van der Waals surface area (Å²) >= 11 is 0. The average molecular weight is 221 g/mol. The molecule has 1 rings (SSSR count). The van der Waals surface area contributed by atoms with Crippen molar-refractivity contribution in [2.45, 2.75) is 39.8 Å². The number of carbonyl (C=O) groups is 1. The Kier molecular flexibility index (Phi) is 3.70. The lowest BCUT2D eigenvalue weighted by Crippen LogP contribution is -2.41. The summed E-state index contributed by atoms with van der Waals surface area (Å²) in [7, 11) is 0. The van der Waals surface area contributed by atoms with Crippen LogP contribution in [0.4, 0.5) is 0 Å². The molecular weight excluding hydrogens is 202 g/mol. The second kappa shape index (κ2) is 4.66. The minimum absolute atomic E-state index is 0.354. The van der Waals surface area contributed by atoms with E-state index >= 15 is 0 Å². The van der Waals surface area contributed by atoms with E-state index in [9.17, 15) is 9.90 Å². The minimum atomic E-state index is -1.32. The van der Waals surface area contributed by atoms with Gasteiger partial charge in [0.25, 0.3) is 5.91 Å². The Labute approximate surface area is 96.5 Å². The van der Waals surface area contributed by atoms with Crippen LogP contribution >= 0.6 is 0 Å². The predicted molar refractivity (Wildman–Crippen MR) is 64.1 cm³/mol. The molecule has 0 aliphatic heterocycles. The van der Waals surface area contributed by atoms with Crippen molar-refractivity contribution in [3.8, 4) is 0 Å². The first-order valence-electron chi connectivity index (χ1n) is 5.37. The summed E-state index contributed by atoms with van der Waals surface area (Å²) in [5, 5.41) is 12.2. The first kappa shape index (κ1) is 12.7. The van der Waals surface area contributed by atoms with E-state index in [2.05, 4.69) is 11.4 Å². The second-order valence-corrected chi connectivity index (χ2v) is 4.67. The Morgan fingerprint density at radius 3 is 2.50 bits per heavy atom. The Morgan fingerprint density at radius 2 is 2.00 bits per heavy atom. The van der Waals surface area contributed by atoms with Crippen LogP contribution in [0.1, 0.15) is 30.5 Å². The van der Waals surface area contributed by atoms with Crippen molar-refractivity contribution in [2.24, 2.45) is 0 Å². The van der Waals surface area contributed by atoms with Gasteiger partial charge in [0.1, 0.15) is 5.60 Å². The van der Waals surface area contributed by atoms with Crippen molar-refractivity contribution in [2.75, 3.05) is 0 Å². The molecule has 2 N–H and O–H groups in total. The summed E-state index contributed by atoms with van der Waals surface area (Å²) in [4.78, 5) is 11.5. The molecule has 3 heteroatoms. The van der Waals surface area contributed by atoms with Gasteiger partial charge in [0.15, 0.2) is 0 Å². The van der Waals surface area contributed by atoms with Gasteiger partial charge in [-0.3, -0.25) is 4.79 Å².